The normalized spacial score (nSPS) is 18.6. The largest absolute Gasteiger partial charge is 0.497 e. The maximum Gasteiger partial charge on any atom is 0.308 e. The standard InChI is InChI=1S/C29H31ClN2O5/c1-36-22-7-8-26-24(17-22)23(11-13-31-26)27(33)9-5-19-12-15-32(18-25(19)29(34)35)14-3-4-20-16-21(30)6-10-28(20)37-2/h6-8,10-11,13,16-17,19,25,27,33H,5,9,12,14-15,18H2,1-2H3,(H,34,35)/t19-,25+,27?/m1/s1. The number of aromatic nitrogens is 1. The third kappa shape index (κ3) is 6.53. The van der Waals surface area contributed by atoms with E-state index in [1.807, 2.05) is 24.3 Å². The molecular weight excluding hydrogens is 492 g/mol. The molecule has 4 rings (SSSR count). The van der Waals surface area contributed by atoms with Crippen molar-refractivity contribution in [1.82, 2.24) is 9.88 Å². The quantitative estimate of drug-likeness (QED) is 0.411. The molecule has 2 N–H and O–H groups in total. The zero-order valence-electron chi connectivity index (χ0n) is 21.0. The van der Waals surface area contributed by atoms with Crippen LogP contribution in [0.5, 0.6) is 11.5 Å². The van der Waals surface area contributed by atoms with Crippen molar-refractivity contribution in [3.05, 3.63) is 64.8 Å². The van der Waals surface area contributed by atoms with Gasteiger partial charge in [-0.15, -0.1) is 0 Å². The van der Waals surface area contributed by atoms with Crippen LogP contribution in [-0.2, 0) is 4.79 Å². The summed E-state index contributed by atoms with van der Waals surface area (Å²) in [6, 6.07) is 12.7. The van der Waals surface area contributed by atoms with Gasteiger partial charge in [-0.3, -0.25) is 14.7 Å². The van der Waals surface area contributed by atoms with E-state index < -0.39 is 18.0 Å². The van der Waals surface area contributed by atoms with Gasteiger partial charge >= 0.3 is 5.97 Å². The molecule has 1 unspecified atom stereocenters. The summed E-state index contributed by atoms with van der Waals surface area (Å²) in [5, 5.41) is 22.4. The predicted octanol–water partition coefficient (Wildman–Crippen LogP) is 4.79. The lowest BCUT2D eigenvalue weighted by Gasteiger charge is -2.36. The fourth-order valence-electron chi connectivity index (χ4n) is 4.95. The van der Waals surface area contributed by atoms with Crippen LogP contribution in [0.2, 0.25) is 5.02 Å². The number of aliphatic carboxylic acids is 1. The Bertz CT molecular complexity index is 1320. The second-order valence-corrected chi connectivity index (χ2v) is 9.69. The number of methoxy groups -OCH3 is 2. The molecule has 0 bridgehead atoms. The number of carboxylic acid groups (broad SMARTS) is 1. The lowest BCUT2D eigenvalue weighted by molar-refractivity contribution is -0.146. The number of hydrogen-bond donors (Lipinski definition) is 2. The second kappa shape index (κ2) is 12.3. The zero-order chi connectivity index (χ0) is 26.4. The summed E-state index contributed by atoms with van der Waals surface area (Å²) in [7, 11) is 3.19. The van der Waals surface area contributed by atoms with Crippen LogP contribution in [0.25, 0.3) is 10.9 Å². The first-order valence-electron chi connectivity index (χ1n) is 12.3. The number of carbonyl (C=O) groups is 1. The fraction of sp³-hybridized carbons (Fsp3) is 0.379. The Kier molecular flexibility index (Phi) is 8.88. The number of halogens is 1. The Morgan fingerprint density at radius 2 is 2.05 bits per heavy atom. The number of nitrogens with zero attached hydrogens (tertiary/aromatic N) is 2. The van der Waals surface area contributed by atoms with Crippen LogP contribution < -0.4 is 9.47 Å². The first-order valence-corrected chi connectivity index (χ1v) is 12.7. The summed E-state index contributed by atoms with van der Waals surface area (Å²) in [5.41, 5.74) is 2.26. The molecule has 0 radical (unpaired) electrons. The number of hydrogen-bond acceptors (Lipinski definition) is 6. The number of rotatable bonds is 8. The van der Waals surface area contributed by atoms with Crippen molar-refractivity contribution in [3.63, 3.8) is 0 Å². The van der Waals surface area contributed by atoms with Gasteiger partial charge < -0.3 is 19.7 Å². The highest BCUT2D eigenvalue weighted by atomic mass is 35.5. The topological polar surface area (TPSA) is 92.1 Å². The molecule has 2 heterocycles. The highest BCUT2D eigenvalue weighted by Crippen LogP contribution is 2.33. The zero-order valence-corrected chi connectivity index (χ0v) is 21.7. The Morgan fingerprint density at radius 1 is 1.22 bits per heavy atom. The molecule has 8 heteroatoms. The minimum absolute atomic E-state index is 0.0213. The van der Waals surface area contributed by atoms with Gasteiger partial charge in [0.05, 0.1) is 43.9 Å². The monoisotopic (exact) mass is 522 g/mol. The van der Waals surface area contributed by atoms with Gasteiger partial charge in [-0.1, -0.05) is 23.4 Å². The maximum atomic E-state index is 12.1. The molecule has 0 saturated carbocycles. The van der Waals surface area contributed by atoms with Gasteiger partial charge in [0, 0.05) is 23.2 Å². The smallest absolute Gasteiger partial charge is 0.308 e. The number of aliphatic hydroxyl groups excluding tert-OH is 1. The summed E-state index contributed by atoms with van der Waals surface area (Å²) in [4.78, 5) is 18.6. The molecular formula is C29H31ClN2O5. The fourth-order valence-corrected chi connectivity index (χ4v) is 5.13. The van der Waals surface area contributed by atoms with Crippen molar-refractivity contribution >= 4 is 28.5 Å². The van der Waals surface area contributed by atoms with E-state index in [4.69, 9.17) is 21.1 Å². The highest BCUT2D eigenvalue weighted by molar-refractivity contribution is 6.30. The van der Waals surface area contributed by atoms with Crippen molar-refractivity contribution in [2.75, 3.05) is 33.9 Å². The molecule has 1 saturated heterocycles. The molecule has 7 nitrogen and oxygen atoms in total. The molecule has 1 aliphatic heterocycles. The van der Waals surface area contributed by atoms with E-state index in [9.17, 15) is 15.0 Å². The van der Waals surface area contributed by atoms with Gasteiger partial charge in [0.1, 0.15) is 11.5 Å². The average Bonchev–Trinajstić information content (AvgIpc) is 2.91. The van der Waals surface area contributed by atoms with Crippen molar-refractivity contribution in [3.8, 4) is 23.3 Å². The Labute approximate surface area is 222 Å². The summed E-state index contributed by atoms with van der Waals surface area (Å²) >= 11 is 6.08. The number of likely N-dealkylation sites (tertiary alicyclic amines) is 1. The van der Waals surface area contributed by atoms with E-state index in [2.05, 4.69) is 21.7 Å². The van der Waals surface area contributed by atoms with Gasteiger partial charge in [-0.25, -0.2) is 0 Å². The molecule has 1 aromatic heterocycles. The Balaban J connectivity index is 1.39. The van der Waals surface area contributed by atoms with Crippen LogP contribution in [-0.4, -0.2) is 59.9 Å². The molecule has 3 atom stereocenters. The SMILES string of the molecule is COc1ccc2nccc(C(O)CC[C@@H]3CCN(CC#Cc4cc(Cl)ccc4OC)C[C@@H]3C(=O)O)c2c1. The van der Waals surface area contributed by atoms with Crippen LogP contribution >= 0.6 is 11.6 Å². The maximum absolute atomic E-state index is 12.1. The van der Waals surface area contributed by atoms with Crippen molar-refractivity contribution < 1.29 is 24.5 Å². The van der Waals surface area contributed by atoms with Gasteiger partial charge in [-0.2, -0.15) is 0 Å². The number of pyridine rings is 1. The van der Waals surface area contributed by atoms with Crippen LogP contribution in [0.4, 0.5) is 0 Å². The van der Waals surface area contributed by atoms with Crippen molar-refractivity contribution in [1.29, 1.82) is 0 Å². The average molecular weight is 523 g/mol. The molecule has 1 aliphatic rings. The molecule has 3 aromatic rings. The lowest BCUT2D eigenvalue weighted by Crippen LogP contribution is -2.44. The summed E-state index contributed by atoms with van der Waals surface area (Å²) in [6.45, 7) is 1.63. The minimum Gasteiger partial charge on any atom is -0.497 e. The van der Waals surface area contributed by atoms with Crippen molar-refractivity contribution in [2.45, 2.75) is 25.4 Å². The van der Waals surface area contributed by atoms with Gasteiger partial charge in [0.2, 0.25) is 0 Å². The van der Waals surface area contributed by atoms with Crippen LogP contribution in [0.3, 0.4) is 0 Å². The summed E-state index contributed by atoms with van der Waals surface area (Å²) in [6.07, 6.45) is 2.79. The number of aliphatic hydroxyl groups is 1. The lowest BCUT2D eigenvalue weighted by atomic mass is 9.81. The molecule has 2 aromatic carbocycles. The third-order valence-corrected chi connectivity index (χ3v) is 7.23. The molecule has 0 amide bonds. The molecule has 1 fully saturated rings. The van der Waals surface area contributed by atoms with E-state index in [0.717, 1.165) is 29.4 Å². The van der Waals surface area contributed by atoms with Crippen LogP contribution in [0.15, 0.2) is 48.7 Å². The Hall–Kier alpha value is -3.31. The van der Waals surface area contributed by atoms with E-state index >= 15 is 0 Å². The second-order valence-electron chi connectivity index (χ2n) is 9.25. The minimum atomic E-state index is -0.812. The first kappa shape index (κ1) is 26.7. The Morgan fingerprint density at radius 3 is 2.81 bits per heavy atom. The predicted molar refractivity (Wildman–Crippen MR) is 143 cm³/mol. The van der Waals surface area contributed by atoms with Crippen LogP contribution in [0.1, 0.15) is 36.5 Å². The van der Waals surface area contributed by atoms with Gasteiger partial charge in [0.25, 0.3) is 0 Å². The van der Waals surface area contributed by atoms with Crippen LogP contribution in [0, 0.1) is 23.7 Å². The summed E-state index contributed by atoms with van der Waals surface area (Å²) in [5.74, 6) is 6.23. The van der Waals surface area contributed by atoms with Gasteiger partial charge in [0.15, 0.2) is 0 Å². The van der Waals surface area contributed by atoms with E-state index in [1.54, 1.807) is 38.6 Å². The number of piperidine rings is 1. The molecule has 0 aliphatic carbocycles. The number of ether oxygens (including phenoxy) is 2. The van der Waals surface area contributed by atoms with E-state index in [-0.39, 0.29) is 5.92 Å². The first-order chi connectivity index (χ1) is 17.9. The highest BCUT2D eigenvalue weighted by Gasteiger charge is 2.34. The number of benzene rings is 2. The van der Waals surface area contributed by atoms with Crippen molar-refractivity contribution in [2.24, 2.45) is 11.8 Å². The number of carboxylic acids is 1. The van der Waals surface area contributed by atoms with E-state index in [1.165, 1.54) is 0 Å². The molecule has 0 spiro atoms. The third-order valence-electron chi connectivity index (χ3n) is 7.00. The molecule has 37 heavy (non-hydrogen) atoms. The number of fused-ring (bicyclic) bond motifs is 1. The summed E-state index contributed by atoms with van der Waals surface area (Å²) < 4.78 is 10.7. The van der Waals surface area contributed by atoms with Gasteiger partial charge in [-0.05, 0) is 79.8 Å². The molecule has 194 valence electrons. The van der Waals surface area contributed by atoms with E-state index in [0.29, 0.717) is 48.0 Å².